The maximum absolute atomic E-state index is 4.29. The van der Waals surface area contributed by atoms with E-state index >= 15 is 0 Å². The minimum atomic E-state index is 0. The largest absolute Gasteiger partial charge is 0.352 e. The molecule has 4 nitrogen and oxygen atoms in total. The third-order valence-corrected chi connectivity index (χ3v) is 3.75. The van der Waals surface area contributed by atoms with Crippen LogP contribution >= 0.6 is 24.0 Å². The molecule has 0 saturated carbocycles. The van der Waals surface area contributed by atoms with Crippen molar-refractivity contribution in [3.05, 3.63) is 70.8 Å². The Morgan fingerprint density at radius 2 is 1.52 bits per heavy atom. The lowest BCUT2D eigenvalue weighted by Crippen LogP contribution is -2.36. The highest BCUT2D eigenvalue weighted by atomic mass is 127. The van der Waals surface area contributed by atoms with E-state index in [1.165, 1.54) is 22.3 Å². The predicted octanol–water partition coefficient (Wildman–Crippen LogP) is 3.54. The Morgan fingerprint density at radius 3 is 2.12 bits per heavy atom. The van der Waals surface area contributed by atoms with Crippen LogP contribution in [0.2, 0.25) is 0 Å². The van der Waals surface area contributed by atoms with E-state index in [4.69, 9.17) is 0 Å². The molecule has 25 heavy (non-hydrogen) atoms. The van der Waals surface area contributed by atoms with Gasteiger partial charge < -0.3 is 15.5 Å². The highest BCUT2D eigenvalue weighted by Crippen LogP contribution is 2.07. The Bertz CT molecular complexity index is 666. The van der Waals surface area contributed by atoms with E-state index in [2.05, 4.69) is 90.1 Å². The van der Waals surface area contributed by atoms with Gasteiger partial charge in [0.25, 0.3) is 0 Å². The van der Waals surface area contributed by atoms with E-state index in [-0.39, 0.29) is 24.0 Å². The Balaban J connectivity index is 0.00000312. The number of benzene rings is 2. The van der Waals surface area contributed by atoms with Crippen molar-refractivity contribution in [1.29, 1.82) is 0 Å². The molecule has 0 radical (unpaired) electrons. The molecule has 0 aliphatic rings. The van der Waals surface area contributed by atoms with E-state index in [9.17, 15) is 0 Å². The molecule has 0 aliphatic heterocycles. The van der Waals surface area contributed by atoms with Gasteiger partial charge >= 0.3 is 0 Å². The van der Waals surface area contributed by atoms with Crippen LogP contribution in [0.5, 0.6) is 0 Å². The molecule has 0 heterocycles. The molecule has 0 aliphatic carbocycles. The van der Waals surface area contributed by atoms with Gasteiger partial charge in [-0.1, -0.05) is 54.1 Å². The van der Waals surface area contributed by atoms with Crippen LogP contribution in [0.1, 0.15) is 22.3 Å². The van der Waals surface area contributed by atoms with Crippen LogP contribution in [-0.2, 0) is 19.6 Å². The first-order valence-electron chi connectivity index (χ1n) is 8.29. The van der Waals surface area contributed by atoms with Crippen LogP contribution in [0.25, 0.3) is 0 Å². The quantitative estimate of drug-likeness (QED) is 0.400. The lowest BCUT2D eigenvalue weighted by molar-refractivity contribution is 0.402. The second-order valence-electron chi connectivity index (χ2n) is 6.32. The summed E-state index contributed by atoms with van der Waals surface area (Å²) in [5.41, 5.74) is 5.10. The van der Waals surface area contributed by atoms with E-state index in [1.54, 1.807) is 7.05 Å². The maximum Gasteiger partial charge on any atom is 0.191 e. The molecule has 0 bridgehead atoms. The molecule has 2 aromatic carbocycles. The summed E-state index contributed by atoms with van der Waals surface area (Å²) in [6.07, 6.45) is 0. The van der Waals surface area contributed by atoms with Gasteiger partial charge in [-0.3, -0.25) is 4.99 Å². The zero-order valence-corrected chi connectivity index (χ0v) is 17.9. The van der Waals surface area contributed by atoms with Crippen LogP contribution < -0.4 is 10.6 Å². The maximum atomic E-state index is 4.29. The average Bonchev–Trinajstić information content (AvgIpc) is 2.56. The monoisotopic (exact) mass is 452 g/mol. The fourth-order valence-electron chi connectivity index (χ4n) is 2.50. The van der Waals surface area contributed by atoms with Crippen LogP contribution in [0.3, 0.4) is 0 Å². The van der Waals surface area contributed by atoms with Gasteiger partial charge in [-0.15, -0.1) is 24.0 Å². The third kappa shape index (κ3) is 7.88. The SMILES string of the molecule is CN=C(NCc1ccc(C)cc1)NCc1cccc(CN(C)C)c1.I. The molecule has 0 amide bonds. The zero-order chi connectivity index (χ0) is 17.4. The van der Waals surface area contributed by atoms with Crippen molar-refractivity contribution >= 4 is 29.9 Å². The van der Waals surface area contributed by atoms with Crippen LogP contribution in [0.15, 0.2) is 53.5 Å². The van der Waals surface area contributed by atoms with Gasteiger partial charge in [0.2, 0.25) is 0 Å². The van der Waals surface area contributed by atoms with E-state index in [0.29, 0.717) is 0 Å². The van der Waals surface area contributed by atoms with Crippen LogP contribution in [-0.4, -0.2) is 32.0 Å². The number of nitrogens with zero attached hydrogens (tertiary/aromatic N) is 2. The number of halogens is 1. The van der Waals surface area contributed by atoms with Crippen LogP contribution in [0, 0.1) is 6.92 Å². The highest BCUT2D eigenvalue weighted by Gasteiger charge is 2.01. The van der Waals surface area contributed by atoms with Gasteiger partial charge in [0.05, 0.1) is 0 Å². The zero-order valence-electron chi connectivity index (χ0n) is 15.5. The van der Waals surface area contributed by atoms with Gasteiger partial charge in [0.1, 0.15) is 0 Å². The molecule has 0 atom stereocenters. The first kappa shape index (κ1) is 21.4. The third-order valence-electron chi connectivity index (χ3n) is 3.75. The Labute approximate surface area is 168 Å². The Morgan fingerprint density at radius 1 is 0.920 bits per heavy atom. The van der Waals surface area contributed by atoms with Crippen molar-refractivity contribution in [2.24, 2.45) is 4.99 Å². The number of nitrogens with one attached hydrogen (secondary N) is 2. The summed E-state index contributed by atoms with van der Waals surface area (Å²) in [7, 11) is 5.97. The second-order valence-corrected chi connectivity index (χ2v) is 6.32. The minimum Gasteiger partial charge on any atom is -0.352 e. The molecular formula is C20H29IN4. The van der Waals surface area contributed by atoms with Crippen LogP contribution in [0.4, 0.5) is 0 Å². The first-order valence-corrected chi connectivity index (χ1v) is 8.29. The summed E-state index contributed by atoms with van der Waals surface area (Å²) in [4.78, 5) is 6.47. The number of aryl methyl sites for hydroxylation is 1. The smallest absolute Gasteiger partial charge is 0.191 e. The van der Waals surface area contributed by atoms with E-state index in [1.807, 2.05) is 0 Å². The van der Waals surface area contributed by atoms with Crippen molar-refractivity contribution in [2.75, 3.05) is 21.1 Å². The molecule has 0 saturated heterocycles. The molecule has 2 aromatic rings. The highest BCUT2D eigenvalue weighted by molar-refractivity contribution is 14.0. The fourth-order valence-corrected chi connectivity index (χ4v) is 2.50. The topological polar surface area (TPSA) is 39.7 Å². The van der Waals surface area contributed by atoms with Gasteiger partial charge in [-0.2, -0.15) is 0 Å². The number of rotatable bonds is 6. The minimum absolute atomic E-state index is 0. The molecule has 0 fully saturated rings. The fraction of sp³-hybridized carbons (Fsp3) is 0.350. The molecule has 2 N–H and O–H groups in total. The Hall–Kier alpha value is -1.60. The molecule has 2 rings (SSSR count). The second kappa shape index (κ2) is 11.1. The summed E-state index contributed by atoms with van der Waals surface area (Å²) in [6, 6.07) is 17.2. The molecule has 5 heteroatoms. The summed E-state index contributed by atoms with van der Waals surface area (Å²) in [6.45, 7) is 4.58. The normalized spacial score (nSPS) is 11.2. The van der Waals surface area contributed by atoms with Crippen molar-refractivity contribution in [2.45, 2.75) is 26.6 Å². The average molecular weight is 452 g/mol. The summed E-state index contributed by atoms with van der Waals surface area (Å²) in [5, 5.41) is 6.73. The van der Waals surface area contributed by atoms with Crippen molar-refractivity contribution in [3.63, 3.8) is 0 Å². The summed E-state index contributed by atoms with van der Waals surface area (Å²) >= 11 is 0. The number of hydrogen-bond acceptors (Lipinski definition) is 2. The summed E-state index contributed by atoms with van der Waals surface area (Å²) < 4.78 is 0. The van der Waals surface area contributed by atoms with Crippen molar-refractivity contribution in [1.82, 2.24) is 15.5 Å². The number of guanidine groups is 1. The first-order chi connectivity index (χ1) is 11.6. The lowest BCUT2D eigenvalue weighted by Gasteiger charge is -2.14. The molecule has 0 unspecified atom stereocenters. The lowest BCUT2D eigenvalue weighted by atomic mass is 10.1. The van der Waals surface area contributed by atoms with Gasteiger partial charge in [-0.25, -0.2) is 0 Å². The van der Waals surface area contributed by atoms with E-state index in [0.717, 1.165) is 25.6 Å². The summed E-state index contributed by atoms with van der Waals surface area (Å²) in [5.74, 6) is 0.814. The standard InChI is InChI=1S/C20H28N4.HI/c1-16-8-10-17(11-9-16)13-22-20(21-2)23-14-18-6-5-7-19(12-18)15-24(3)4;/h5-12H,13-15H2,1-4H3,(H2,21,22,23);1H. The predicted molar refractivity (Wildman–Crippen MR) is 117 cm³/mol. The van der Waals surface area contributed by atoms with Crippen molar-refractivity contribution in [3.8, 4) is 0 Å². The van der Waals surface area contributed by atoms with Crippen molar-refractivity contribution < 1.29 is 0 Å². The molecule has 0 spiro atoms. The Kier molecular flexibility index (Phi) is 9.52. The molecule has 0 aromatic heterocycles. The number of aliphatic imine (C=N–C) groups is 1. The molecule has 136 valence electrons. The number of hydrogen-bond donors (Lipinski definition) is 2. The van der Waals surface area contributed by atoms with E-state index < -0.39 is 0 Å². The van der Waals surface area contributed by atoms with Gasteiger partial charge in [0.15, 0.2) is 5.96 Å². The molecular weight excluding hydrogens is 423 g/mol. The van der Waals surface area contributed by atoms with Gasteiger partial charge in [0, 0.05) is 26.7 Å². The van der Waals surface area contributed by atoms with Gasteiger partial charge in [-0.05, 0) is 37.7 Å².